The highest BCUT2D eigenvalue weighted by molar-refractivity contribution is 5.75. The summed E-state index contributed by atoms with van der Waals surface area (Å²) in [4.78, 5) is 11.9. The zero-order chi connectivity index (χ0) is 15.2. The average molecular weight is 278 g/mol. The molecule has 1 atom stereocenters. The van der Waals surface area contributed by atoms with Gasteiger partial charge in [-0.05, 0) is 51.2 Å². The van der Waals surface area contributed by atoms with Crippen LogP contribution in [-0.2, 0) is 16.0 Å². The van der Waals surface area contributed by atoms with E-state index in [1.807, 2.05) is 39.0 Å². The van der Waals surface area contributed by atoms with Crippen LogP contribution in [0.25, 0.3) is 0 Å². The molecule has 1 rings (SSSR count). The number of esters is 1. The molecule has 3 nitrogen and oxygen atoms in total. The normalized spacial score (nSPS) is 12.8. The predicted octanol–water partition coefficient (Wildman–Crippen LogP) is 3.85. The quantitative estimate of drug-likeness (QED) is 0.711. The zero-order valence-corrected chi connectivity index (χ0v) is 13.2. The second-order valence-corrected chi connectivity index (χ2v) is 5.93. The van der Waals surface area contributed by atoms with Crippen LogP contribution in [0.2, 0.25) is 0 Å². The summed E-state index contributed by atoms with van der Waals surface area (Å²) in [5, 5.41) is 0. The highest BCUT2D eigenvalue weighted by atomic mass is 16.5. The Hall–Kier alpha value is -1.51. The SMILES string of the molecule is CCOC(=O)C(C)(C)CC(C)Cc1ccccc1OC. The van der Waals surface area contributed by atoms with E-state index in [4.69, 9.17) is 9.47 Å². The first-order chi connectivity index (χ1) is 9.40. The lowest BCUT2D eigenvalue weighted by atomic mass is 9.81. The molecule has 1 aromatic rings. The molecule has 0 bridgehead atoms. The van der Waals surface area contributed by atoms with Gasteiger partial charge in [-0.25, -0.2) is 0 Å². The van der Waals surface area contributed by atoms with Crippen molar-refractivity contribution in [2.45, 2.75) is 40.5 Å². The molecule has 0 saturated carbocycles. The molecular weight excluding hydrogens is 252 g/mol. The smallest absolute Gasteiger partial charge is 0.311 e. The van der Waals surface area contributed by atoms with Gasteiger partial charge in [0.15, 0.2) is 0 Å². The molecule has 3 heteroatoms. The Morgan fingerprint density at radius 2 is 1.95 bits per heavy atom. The Balaban J connectivity index is 2.67. The monoisotopic (exact) mass is 278 g/mol. The maximum Gasteiger partial charge on any atom is 0.311 e. The van der Waals surface area contributed by atoms with Crippen LogP contribution in [-0.4, -0.2) is 19.7 Å². The van der Waals surface area contributed by atoms with Gasteiger partial charge < -0.3 is 9.47 Å². The summed E-state index contributed by atoms with van der Waals surface area (Å²) >= 11 is 0. The second kappa shape index (κ2) is 7.32. The number of para-hydroxylation sites is 1. The summed E-state index contributed by atoms with van der Waals surface area (Å²) in [6, 6.07) is 8.03. The van der Waals surface area contributed by atoms with Gasteiger partial charge in [-0.15, -0.1) is 0 Å². The van der Waals surface area contributed by atoms with Crippen LogP contribution in [0.1, 0.15) is 39.7 Å². The lowest BCUT2D eigenvalue weighted by Gasteiger charge is -2.26. The lowest BCUT2D eigenvalue weighted by Crippen LogP contribution is -2.29. The largest absolute Gasteiger partial charge is 0.496 e. The van der Waals surface area contributed by atoms with Crippen LogP contribution in [0, 0.1) is 11.3 Å². The van der Waals surface area contributed by atoms with Gasteiger partial charge in [0.1, 0.15) is 5.75 Å². The van der Waals surface area contributed by atoms with E-state index in [1.165, 1.54) is 5.56 Å². The van der Waals surface area contributed by atoms with Crippen LogP contribution in [0.5, 0.6) is 5.75 Å². The minimum absolute atomic E-state index is 0.119. The molecule has 0 heterocycles. The fourth-order valence-electron chi connectivity index (χ4n) is 2.60. The Morgan fingerprint density at radius 3 is 2.55 bits per heavy atom. The molecule has 0 aliphatic rings. The molecule has 0 spiro atoms. The van der Waals surface area contributed by atoms with E-state index in [0.29, 0.717) is 12.5 Å². The number of hydrogen-bond acceptors (Lipinski definition) is 3. The van der Waals surface area contributed by atoms with Gasteiger partial charge in [0, 0.05) is 0 Å². The molecule has 0 radical (unpaired) electrons. The van der Waals surface area contributed by atoms with E-state index < -0.39 is 5.41 Å². The summed E-state index contributed by atoms with van der Waals surface area (Å²) in [5.41, 5.74) is 0.736. The number of carbonyl (C=O) groups excluding carboxylic acids is 1. The minimum atomic E-state index is -0.447. The van der Waals surface area contributed by atoms with Crippen LogP contribution >= 0.6 is 0 Å². The van der Waals surface area contributed by atoms with Gasteiger partial charge in [0.2, 0.25) is 0 Å². The van der Waals surface area contributed by atoms with E-state index in [0.717, 1.165) is 18.6 Å². The molecule has 1 unspecified atom stereocenters. The fourth-order valence-corrected chi connectivity index (χ4v) is 2.60. The molecule has 0 amide bonds. The number of benzene rings is 1. The standard InChI is InChI=1S/C17H26O3/c1-6-20-16(18)17(3,4)12-13(2)11-14-9-7-8-10-15(14)19-5/h7-10,13H,6,11-12H2,1-5H3. The number of hydrogen-bond donors (Lipinski definition) is 0. The Morgan fingerprint density at radius 1 is 1.30 bits per heavy atom. The molecule has 0 fully saturated rings. The number of methoxy groups -OCH3 is 1. The molecular formula is C17H26O3. The van der Waals surface area contributed by atoms with Crippen molar-refractivity contribution >= 4 is 5.97 Å². The Labute approximate surface area is 122 Å². The zero-order valence-electron chi connectivity index (χ0n) is 13.2. The Kier molecular flexibility index (Phi) is 6.05. The maximum absolute atomic E-state index is 11.9. The van der Waals surface area contributed by atoms with Crippen molar-refractivity contribution in [2.75, 3.05) is 13.7 Å². The van der Waals surface area contributed by atoms with Gasteiger partial charge in [-0.1, -0.05) is 25.1 Å². The fraction of sp³-hybridized carbons (Fsp3) is 0.588. The second-order valence-electron chi connectivity index (χ2n) is 5.93. The van der Waals surface area contributed by atoms with Gasteiger partial charge >= 0.3 is 5.97 Å². The van der Waals surface area contributed by atoms with Gasteiger partial charge in [-0.3, -0.25) is 4.79 Å². The van der Waals surface area contributed by atoms with E-state index in [1.54, 1.807) is 7.11 Å². The number of rotatable bonds is 7. The first-order valence-electron chi connectivity index (χ1n) is 7.19. The first-order valence-corrected chi connectivity index (χ1v) is 7.19. The number of ether oxygens (including phenoxy) is 2. The molecule has 1 aromatic carbocycles. The predicted molar refractivity (Wildman–Crippen MR) is 80.9 cm³/mol. The molecule has 0 aliphatic heterocycles. The lowest BCUT2D eigenvalue weighted by molar-refractivity contribution is -0.154. The van der Waals surface area contributed by atoms with Crippen molar-refractivity contribution in [1.29, 1.82) is 0 Å². The third-order valence-corrected chi connectivity index (χ3v) is 3.45. The molecule has 112 valence electrons. The molecule has 0 aliphatic carbocycles. The average Bonchev–Trinajstić information content (AvgIpc) is 2.38. The molecule has 0 saturated heterocycles. The maximum atomic E-state index is 11.9. The summed E-state index contributed by atoms with van der Waals surface area (Å²) in [7, 11) is 1.69. The Bertz CT molecular complexity index is 438. The van der Waals surface area contributed by atoms with Crippen molar-refractivity contribution in [3.05, 3.63) is 29.8 Å². The highest BCUT2D eigenvalue weighted by Crippen LogP contribution is 2.30. The molecule has 0 N–H and O–H groups in total. The highest BCUT2D eigenvalue weighted by Gasteiger charge is 2.31. The topological polar surface area (TPSA) is 35.5 Å². The van der Waals surface area contributed by atoms with Crippen molar-refractivity contribution in [2.24, 2.45) is 11.3 Å². The van der Waals surface area contributed by atoms with Crippen LogP contribution in [0.15, 0.2) is 24.3 Å². The first kappa shape index (κ1) is 16.5. The van der Waals surface area contributed by atoms with Gasteiger partial charge in [0.05, 0.1) is 19.1 Å². The van der Waals surface area contributed by atoms with E-state index in [-0.39, 0.29) is 5.97 Å². The minimum Gasteiger partial charge on any atom is -0.496 e. The van der Waals surface area contributed by atoms with Crippen molar-refractivity contribution < 1.29 is 14.3 Å². The van der Waals surface area contributed by atoms with Crippen molar-refractivity contribution in [3.8, 4) is 5.75 Å². The third-order valence-electron chi connectivity index (χ3n) is 3.45. The van der Waals surface area contributed by atoms with Crippen LogP contribution in [0.3, 0.4) is 0 Å². The van der Waals surface area contributed by atoms with E-state index in [2.05, 4.69) is 13.0 Å². The summed E-state index contributed by atoms with van der Waals surface area (Å²) < 4.78 is 10.5. The molecule has 0 aromatic heterocycles. The number of carbonyl (C=O) groups is 1. The van der Waals surface area contributed by atoms with Crippen LogP contribution in [0.4, 0.5) is 0 Å². The molecule has 20 heavy (non-hydrogen) atoms. The van der Waals surface area contributed by atoms with E-state index >= 15 is 0 Å². The third kappa shape index (κ3) is 4.55. The van der Waals surface area contributed by atoms with Crippen LogP contribution < -0.4 is 4.74 Å². The van der Waals surface area contributed by atoms with Crippen molar-refractivity contribution in [1.82, 2.24) is 0 Å². The van der Waals surface area contributed by atoms with Gasteiger partial charge in [-0.2, -0.15) is 0 Å². The van der Waals surface area contributed by atoms with Gasteiger partial charge in [0.25, 0.3) is 0 Å². The summed E-state index contributed by atoms with van der Waals surface area (Å²) in [5.74, 6) is 1.17. The van der Waals surface area contributed by atoms with E-state index in [9.17, 15) is 4.79 Å². The van der Waals surface area contributed by atoms with Crippen molar-refractivity contribution in [3.63, 3.8) is 0 Å². The summed E-state index contributed by atoms with van der Waals surface area (Å²) in [6.07, 6.45) is 1.69. The summed E-state index contributed by atoms with van der Waals surface area (Å²) in [6.45, 7) is 8.33.